The quantitative estimate of drug-likeness (QED) is 0.644. The fourth-order valence-electron chi connectivity index (χ4n) is 3.72. The van der Waals surface area contributed by atoms with Gasteiger partial charge in [-0.05, 0) is 18.9 Å². The molecule has 0 saturated carbocycles. The number of nitrogens with zero attached hydrogens (tertiary/aromatic N) is 5. The topological polar surface area (TPSA) is 106 Å². The molecule has 27 heavy (non-hydrogen) atoms. The summed E-state index contributed by atoms with van der Waals surface area (Å²) >= 11 is 0. The molecule has 1 N–H and O–H groups in total. The molecule has 0 aliphatic carbocycles. The van der Waals surface area contributed by atoms with Gasteiger partial charge in [-0.15, -0.1) is 10.2 Å². The van der Waals surface area contributed by atoms with Crippen LogP contribution in [0, 0.1) is 15.9 Å². The normalized spacial score (nSPS) is 17.6. The third-order valence-electron chi connectivity index (χ3n) is 5.19. The van der Waals surface area contributed by atoms with Crippen molar-refractivity contribution in [3.63, 3.8) is 0 Å². The number of fused-ring (bicyclic) bond motifs is 1. The molecule has 9 nitrogen and oxygen atoms in total. The minimum atomic E-state index is -0.865. The van der Waals surface area contributed by atoms with Crippen LogP contribution in [0.1, 0.15) is 40.8 Å². The van der Waals surface area contributed by atoms with E-state index >= 15 is 0 Å². The molecule has 1 saturated heterocycles. The summed E-state index contributed by atoms with van der Waals surface area (Å²) in [6.45, 7) is 3.41. The second kappa shape index (κ2) is 7.03. The molecular weight excluding hydrogens is 355 g/mol. The van der Waals surface area contributed by atoms with Crippen molar-refractivity contribution in [2.24, 2.45) is 0 Å². The molecule has 1 fully saturated rings. The van der Waals surface area contributed by atoms with Crippen LogP contribution in [0.4, 0.5) is 10.1 Å². The highest BCUT2D eigenvalue weighted by Crippen LogP contribution is 2.29. The number of piperidine rings is 1. The van der Waals surface area contributed by atoms with Gasteiger partial charge in [0.05, 0.1) is 23.1 Å². The maximum atomic E-state index is 14.1. The summed E-state index contributed by atoms with van der Waals surface area (Å²) in [5.41, 5.74) is -0.501. The number of nitrogens with one attached hydrogen (secondary N) is 1. The van der Waals surface area contributed by atoms with Crippen LogP contribution in [-0.2, 0) is 13.1 Å². The highest BCUT2D eigenvalue weighted by molar-refractivity contribution is 5.94. The van der Waals surface area contributed by atoms with Gasteiger partial charge in [-0.3, -0.25) is 14.9 Å². The Morgan fingerprint density at radius 2 is 2.04 bits per heavy atom. The van der Waals surface area contributed by atoms with Crippen molar-refractivity contribution in [1.29, 1.82) is 0 Å². The first-order chi connectivity index (χ1) is 13.0. The molecular formula is C17H19FN6O3. The number of non-ortho nitro benzene ring substituents is 1. The van der Waals surface area contributed by atoms with E-state index in [0.717, 1.165) is 49.7 Å². The Morgan fingerprint density at radius 3 is 2.74 bits per heavy atom. The van der Waals surface area contributed by atoms with Gasteiger partial charge in [0.2, 0.25) is 0 Å². The van der Waals surface area contributed by atoms with Crippen LogP contribution >= 0.6 is 0 Å². The number of aromatic nitrogens is 3. The zero-order valence-electron chi connectivity index (χ0n) is 14.6. The monoisotopic (exact) mass is 374 g/mol. The predicted octanol–water partition coefficient (Wildman–Crippen LogP) is 1.45. The minimum Gasteiger partial charge on any atom is -0.339 e. The summed E-state index contributed by atoms with van der Waals surface area (Å²) in [6, 6.07) is 3.12. The standard InChI is InChI=1S/C17H19FN6O3/c18-14-9-12(24(26)27)1-2-13(14)17(25)22-6-3-11(4-7-22)16-21-20-15-10-19-5-8-23(15)16/h1-2,9,11,19H,3-8,10H2. The van der Waals surface area contributed by atoms with Crippen LogP contribution in [0.5, 0.6) is 0 Å². The van der Waals surface area contributed by atoms with E-state index in [1.165, 1.54) is 6.07 Å². The van der Waals surface area contributed by atoms with E-state index in [2.05, 4.69) is 20.1 Å². The molecule has 1 aromatic heterocycles. The molecule has 1 amide bonds. The first-order valence-electron chi connectivity index (χ1n) is 8.90. The van der Waals surface area contributed by atoms with E-state index in [1.54, 1.807) is 4.90 Å². The molecule has 3 heterocycles. The molecule has 0 bridgehead atoms. The Balaban J connectivity index is 1.44. The number of amides is 1. The molecule has 1 aromatic carbocycles. The van der Waals surface area contributed by atoms with Gasteiger partial charge in [-0.2, -0.15) is 0 Å². The van der Waals surface area contributed by atoms with Crippen molar-refractivity contribution in [3.05, 3.63) is 51.3 Å². The molecule has 142 valence electrons. The molecule has 10 heteroatoms. The van der Waals surface area contributed by atoms with Crippen LogP contribution in [0.3, 0.4) is 0 Å². The smallest absolute Gasteiger partial charge is 0.272 e. The fourth-order valence-corrected chi connectivity index (χ4v) is 3.72. The summed E-state index contributed by atoms with van der Waals surface area (Å²) < 4.78 is 16.3. The lowest BCUT2D eigenvalue weighted by Crippen LogP contribution is -2.39. The Kier molecular flexibility index (Phi) is 4.56. The minimum absolute atomic E-state index is 0.134. The second-order valence-corrected chi connectivity index (χ2v) is 6.79. The second-order valence-electron chi connectivity index (χ2n) is 6.79. The van der Waals surface area contributed by atoms with Crippen LogP contribution in [0.25, 0.3) is 0 Å². The maximum Gasteiger partial charge on any atom is 0.272 e. The molecule has 0 spiro atoms. The van der Waals surface area contributed by atoms with Gasteiger partial charge >= 0.3 is 0 Å². The van der Waals surface area contributed by atoms with Crippen molar-refractivity contribution in [2.75, 3.05) is 19.6 Å². The SMILES string of the molecule is O=C(c1ccc([N+](=O)[O-])cc1F)N1CCC(c2nnc3n2CCNC3)CC1. The van der Waals surface area contributed by atoms with Gasteiger partial charge in [-0.1, -0.05) is 0 Å². The van der Waals surface area contributed by atoms with E-state index in [9.17, 15) is 19.3 Å². The molecule has 0 atom stereocenters. The fraction of sp³-hybridized carbons (Fsp3) is 0.471. The van der Waals surface area contributed by atoms with E-state index < -0.39 is 16.6 Å². The first-order valence-corrected chi connectivity index (χ1v) is 8.90. The summed E-state index contributed by atoms with van der Waals surface area (Å²) in [7, 11) is 0. The summed E-state index contributed by atoms with van der Waals surface area (Å²) in [5.74, 6) is 0.807. The number of benzene rings is 1. The lowest BCUT2D eigenvalue weighted by molar-refractivity contribution is -0.385. The number of carbonyl (C=O) groups is 1. The number of carbonyl (C=O) groups excluding carboxylic acids is 1. The summed E-state index contributed by atoms with van der Waals surface area (Å²) in [5, 5.41) is 22.5. The lowest BCUT2D eigenvalue weighted by atomic mass is 9.95. The van der Waals surface area contributed by atoms with Crippen molar-refractivity contribution in [3.8, 4) is 0 Å². The van der Waals surface area contributed by atoms with Gasteiger partial charge in [0.1, 0.15) is 17.5 Å². The Hall–Kier alpha value is -2.88. The number of halogens is 1. The van der Waals surface area contributed by atoms with Crippen molar-refractivity contribution in [2.45, 2.75) is 31.8 Å². The summed E-state index contributed by atoms with van der Waals surface area (Å²) in [6.07, 6.45) is 1.46. The van der Waals surface area contributed by atoms with Crippen LogP contribution < -0.4 is 5.32 Å². The predicted molar refractivity (Wildman–Crippen MR) is 92.7 cm³/mol. The molecule has 0 radical (unpaired) electrons. The van der Waals surface area contributed by atoms with Gasteiger partial charge in [0, 0.05) is 38.2 Å². The zero-order valence-corrected chi connectivity index (χ0v) is 14.6. The van der Waals surface area contributed by atoms with Crippen molar-refractivity contribution < 1.29 is 14.1 Å². The van der Waals surface area contributed by atoms with E-state index in [4.69, 9.17) is 0 Å². The lowest BCUT2D eigenvalue weighted by Gasteiger charge is -2.32. The third-order valence-corrected chi connectivity index (χ3v) is 5.19. The first kappa shape index (κ1) is 17.5. The van der Waals surface area contributed by atoms with Gasteiger partial charge in [-0.25, -0.2) is 4.39 Å². The van der Waals surface area contributed by atoms with Gasteiger partial charge < -0.3 is 14.8 Å². The molecule has 0 unspecified atom stereocenters. The van der Waals surface area contributed by atoms with Crippen molar-refractivity contribution >= 4 is 11.6 Å². The Morgan fingerprint density at radius 1 is 1.26 bits per heavy atom. The van der Waals surface area contributed by atoms with E-state index in [1.807, 2.05) is 0 Å². The number of likely N-dealkylation sites (tertiary alicyclic amines) is 1. The summed E-state index contributed by atoms with van der Waals surface area (Å²) in [4.78, 5) is 24.2. The van der Waals surface area contributed by atoms with E-state index in [-0.39, 0.29) is 17.2 Å². The Bertz CT molecular complexity index is 891. The third kappa shape index (κ3) is 3.27. The Labute approximate surface area is 154 Å². The number of hydrogen-bond donors (Lipinski definition) is 1. The zero-order chi connectivity index (χ0) is 19.0. The molecule has 2 aromatic rings. The molecule has 2 aliphatic rings. The van der Waals surface area contributed by atoms with Crippen LogP contribution in [0.15, 0.2) is 18.2 Å². The number of rotatable bonds is 3. The van der Waals surface area contributed by atoms with E-state index in [0.29, 0.717) is 19.6 Å². The number of hydrogen-bond acceptors (Lipinski definition) is 6. The largest absolute Gasteiger partial charge is 0.339 e. The molecule has 4 rings (SSSR count). The van der Waals surface area contributed by atoms with Gasteiger partial charge in [0.25, 0.3) is 11.6 Å². The van der Waals surface area contributed by atoms with Crippen LogP contribution in [0.2, 0.25) is 0 Å². The average Bonchev–Trinajstić information content (AvgIpc) is 3.11. The average molecular weight is 374 g/mol. The van der Waals surface area contributed by atoms with Crippen LogP contribution in [-0.4, -0.2) is 50.1 Å². The maximum absolute atomic E-state index is 14.1. The highest BCUT2D eigenvalue weighted by atomic mass is 19.1. The van der Waals surface area contributed by atoms with Crippen molar-refractivity contribution in [1.82, 2.24) is 25.0 Å². The molecule has 2 aliphatic heterocycles. The number of nitro benzene ring substituents is 1. The van der Waals surface area contributed by atoms with Gasteiger partial charge in [0.15, 0.2) is 0 Å². The number of nitro groups is 1. The highest BCUT2D eigenvalue weighted by Gasteiger charge is 2.30.